The molecule has 0 amide bonds. The molecule has 2 aromatic heterocycles. The van der Waals surface area contributed by atoms with Crippen LogP contribution in [-0.2, 0) is 6.61 Å². The molecule has 3 aromatic rings. The Labute approximate surface area is 152 Å². The SMILES string of the molecule is Clc1ccc(OCc2cccn3c(C4CCCCCC4)nnc23)cc1. The first-order valence-corrected chi connectivity index (χ1v) is 9.40. The van der Waals surface area contributed by atoms with Crippen molar-refractivity contribution in [2.75, 3.05) is 0 Å². The zero-order valence-corrected chi connectivity index (χ0v) is 15.0. The third-order valence-corrected chi connectivity index (χ3v) is 5.22. The van der Waals surface area contributed by atoms with Gasteiger partial charge < -0.3 is 4.74 Å². The van der Waals surface area contributed by atoms with Gasteiger partial charge in [0.25, 0.3) is 0 Å². The summed E-state index contributed by atoms with van der Waals surface area (Å²) in [7, 11) is 0. The Morgan fingerprint density at radius 1 is 1.00 bits per heavy atom. The molecule has 0 N–H and O–H groups in total. The summed E-state index contributed by atoms with van der Waals surface area (Å²) in [5.74, 6) is 2.42. The van der Waals surface area contributed by atoms with Crippen LogP contribution in [0.15, 0.2) is 42.6 Å². The zero-order valence-electron chi connectivity index (χ0n) is 14.2. The molecule has 0 aliphatic heterocycles. The zero-order chi connectivity index (χ0) is 17.1. The van der Waals surface area contributed by atoms with E-state index in [1.54, 1.807) is 0 Å². The van der Waals surface area contributed by atoms with Gasteiger partial charge in [-0.25, -0.2) is 0 Å². The Morgan fingerprint density at radius 3 is 2.52 bits per heavy atom. The highest BCUT2D eigenvalue weighted by Crippen LogP contribution is 2.31. The molecule has 5 heteroatoms. The summed E-state index contributed by atoms with van der Waals surface area (Å²) in [6.07, 6.45) is 9.76. The van der Waals surface area contributed by atoms with Crippen LogP contribution in [0.3, 0.4) is 0 Å². The van der Waals surface area contributed by atoms with Crippen LogP contribution < -0.4 is 4.74 Å². The summed E-state index contributed by atoms with van der Waals surface area (Å²) in [5.41, 5.74) is 1.94. The van der Waals surface area contributed by atoms with Crippen molar-refractivity contribution >= 4 is 17.2 Å². The minimum atomic E-state index is 0.467. The van der Waals surface area contributed by atoms with Crippen LogP contribution in [0.4, 0.5) is 0 Å². The molecule has 130 valence electrons. The van der Waals surface area contributed by atoms with Gasteiger partial charge in [0.15, 0.2) is 5.65 Å². The molecular formula is C20H22ClN3O. The second kappa shape index (κ2) is 7.44. The van der Waals surface area contributed by atoms with Crippen molar-refractivity contribution in [2.24, 2.45) is 0 Å². The third-order valence-electron chi connectivity index (χ3n) is 4.97. The molecule has 1 aliphatic carbocycles. The molecule has 4 nitrogen and oxygen atoms in total. The van der Waals surface area contributed by atoms with Gasteiger partial charge in [-0.3, -0.25) is 4.40 Å². The average Bonchev–Trinajstić information content (AvgIpc) is 2.89. The molecule has 0 radical (unpaired) electrons. The van der Waals surface area contributed by atoms with E-state index in [1.165, 1.54) is 38.5 Å². The maximum absolute atomic E-state index is 5.92. The molecule has 1 saturated carbocycles. The number of pyridine rings is 1. The fourth-order valence-corrected chi connectivity index (χ4v) is 3.74. The van der Waals surface area contributed by atoms with Crippen LogP contribution >= 0.6 is 11.6 Å². The number of ether oxygens (including phenoxy) is 1. The molecular weight excluding hydrogens is 334 g/mol. The van der Waals surface area contributed by atoms with Crippen molar-refractivity contribution in [3.05, 3.63) is 59.0 Å². The monoisotopic (exact) mass is 355 g/mol. The molecule has 2 heterocycles. The molecule has 1 aromatic carbocycles. The van der Waals surface area contributed by atoms with Crippen molar-refractivity contribution in [1.29, 1.82) is 0 Å². The summed E-state index contributed by atoms with van der Waals surface area (Å²) in [6.45, 7) is 0.467. The first-order valence-electron chi connectivity index (χ1n) is 9.02. The third kappa shape index (κ3) is 3.64. The van der Waals surface area contributed by atoms with Crippen LogP contribution in [0.25, 0.3) is 5.65 Å². The lowest BCUT2D eigenvalue weighted by Crippen LogP contribution is -2.05. The van der Waals surface area contributed by atoms with E-state index in [0.29, 0.717) is 17.5 Å². The predicted molar refractivity (Wildman–Crippen MR) is 99.2 cm³/mol. The number of hydrogen-bond donors (Lipinski definition) is 0. The standard InChI is InChI=1S/C20H22ClN3O/c21-17-9-11-18(12-10-17)25-14-16-8-5-13-24-19(22-23-20(16)24)15-6-3-1-2-4-7-15/h5,8-13,15H,1-4,6-7,14H2. The Hall–Kier alpha value is -2.07. The van der Waals surface area contributed by atoms with Crippen molar-refractivity contribution in [3.8, 4) is 5.75 Å². The van der Waals surface area contributed by atoms with Gasteiger partial charge in [-0.15, -0.1) is 10.2 Å². The molecule has 1 aliphatic rings. The Bertz CT molecular complexity index is 836. The topological polar surface area (TPSA) is 39.4 Å². The van der Waals surface area contributed by atoms with Crippen LogP contribution in [0, 0.1) is 0 Å². The first kappa shape index (κ1) is 16.4. The lowest BCUT2D eigenvalue weighted by molar-refractivity contribution is 0.307. The van der Waals surface area contributed by atoms with Gasteiger partial charge >= 0.3 is 0 Å². The van der Waals surface area contributed by atoms with Crippen molar-refractivity contribution < 1.29 is 4.74 Å². The quantitative estimate of drug-likeness (QED) is 0.588. The molecule has 0 unspecified atom stereocenters. The summed E-state index contributed by atoms with van der Waals surface area (Å²) in [5, 5.41) is 9.70. The van der Waals surface area contributed by atoms with Gasteiger partial charge in [0.1, 0.15) is 18.2 Å². The van der Waals surface area contributed by atoms with Gasteiger partial charge in [0.2, 0.25) is 0 Å². The van der Waals surface area contributed by atoms with Gasteiger partial charge in [-0.2, -0.15) is 0 Å². The highest BCUT2D eigenvalue weighted by atomic mass is 35.5. The molecule has 0 saturated heterocycles. The normalized spacial score (nSPS) is 16.0. The van der Waals surface area contributed by atoms with E-state index in [4.69, 9.17) is 16.3 Å². The van der Waals surface area contributed by atoms with E-state index >= 15 is 0 Å². The molecule has 25 heavy (non-hydrogen) atoms. The lowest BCUT2D eigenvalue weighted by Gasteiger charge is -2.12. The molecule has 0 atom stereocenters. The van der Waals surface area contributed by atoms with E-state index in [1.807, 2.05) is 24.3 Å². The second-order valence-corrected chi connectivity index (χ2v) is 7.15. The van der Waals surface area contributed by atoms with E-state index < -0.39 is 0 Å². The van der Waals surface area contributed by atoms with Gasteiger partial charge in [-0.05, 0) is 43.2 Å². The summed E-state index contributed by atoms with van der Waals surface area (Å²) in [6, 6.07) is 11.5. The largest absolute Gasteiger partial charge is 0.489 e. The van der Waals surface area contributed by atoms with Crippen LogP contribution in [-0.4, -0.2) is 14.6 Å². The summed E-state index contributed by atoms with van der Waals surface area (Å²) in [4.78, 5) is 0. The predicted octanol–water partition coefficient (Wildman–Crippen LogP) is 5.40. The minimum absolute atomic E-state index is 0.467. The Morgan fingerprint density at radius 2 is 1.76 bits per heavy atom. The fraction of sp³-hybridized carbons (Fsp3) is 0.400. The van der Waals surface area contributed by atoms with Crippen molar-refractivity contribution in [3.63, 3.8) is 0 Å². The Balaban J connectivity index is 1.56. The molecule has 1 fully saturated rings. The van der Waals surface area contributed by atoms with Crippen LogP contribution in [0.2, 0.25) is 5.02 Å². The smallest absolute Gasteiger partial charge is 0.167 e. The summed E-state index contributed by atoms with van der Waals surface area (Å²) < 4.78 is 8.04. The average molecular weight is 356 g/mol. The van der Waals surface area contributed by atoms with Gasteiger partial charge in [-0.1, -0.05) is 43.4 Å². The second-order valence-electron chi connectivity index (χ2n) is 6.72. The minimum Gasteiger partial charge on any atom is -0.489 e. The van der Waals surface area contributed by atoms with E-state index in [0.717, 1.165) is 22.8 Å². The van der Waals surface area contributed by atoms with Gasteiger partial charge in [0.05, 0.1) is 0 Å². The highest BCUT2D eigenvalue weighted by Gasteiger charge is 2.20. The van der Waals surface area contributed by atoms with Crippen LogP contribution in [0.5, 0.6) is 5.75 Å². The Kier molecular flexibility index (Phi) is 4.88. The number of nitrogens with zero attached hydrogens (tertiary/aromatic N) is 3. The van der Waals surface area contributed by atoms with E-state index in [9.17, 15) is 0 Å². The lowest BCUT2D eigenvalue weighted by atomic mass is 9.99. The number of halogens is 1. The highest BCUT2D eigenvalue weighted by molar-refractivity contribution is 6.30. The number of hydrogen-bond acceptors (Lipinski definition) is 3. The first-order chi connectivity index (χ1) is 12.3. The summed E-state index contributed by atoms with van der Waals surface area (Å²) >= 11 is 5.92. The maximum Gasteiger partial charge on any atom is 0.167 e. The van der Waals surface area contributed by atoms with E-state index in [-0.39, 0.29) is 0 Å². The molecule has 4 rings (SSSR count). The molecule has 0 bridgehead atoms. The number of fused-ring (bicyclic) bond motifs is 1. The van der Waals surface area contributed by atoms with Gasteiger partial charge in [0, 0.05) is 22.7 Å². The van der Waals surface area contributed by atoms with Crippen LogP contribution in [0.1, 0.15) is 55.8 Å². The van der Waals surface area contributed by atoms with Crippen molar-refractivity contribution in [2.45, 2.75) is 51.0 Å². The number of rotatable bonds is 4. The maximum atomic E-state index is 5.92. The fourth-order valence-electron chi connectivity index (χ4n) is 3.61. The number of aromatic nitrogens is 3. The van der Waals surface area contributed by atoms with Crippen molar-refractivity contribution in [1.82, 2.24) is 14.6 Å². The number of benzene rings is 1. The molecule has 0 spiro atoms. The van der Waals surface area contributed by atoms with E-state index in [2.05, 4.69) is 32.9 Å².